The average molecular weight is 265 g/mol. The molecule has 3 amide bonds. The van der Waals surface area contributed by atoms with E-state index in [1.807, 2.05) is 0 Å². The monoisotopic (exact) mass is 265 g/mol. The lowest BCUT2D eigenvalue weighted by Crippen LogP contribution is -2.29. The second kappa shape index (κ2) is 6.39. The van der Waals surface area contributed by atoms with Crippen LogP contribution in [-0.2, 0) is 4.79 Å². The smallest absolute Gasteiger partial charge is 0.322 e. The summed E-state index contributed by atoms with van der Waals surface area (Å²) in [6.07, 6.45) is 0. The Bertz CT molecular complexity index is 482. The van der Waals surface area contributed by atoms with Crippen molar-refractivity contribution >= 4 is 23.6 Å². The van der Waals surface area contributed by atoms with Gasteiger partial charge in [0.15, 0.2) is 0 Å². The third kappa shape index (κ3) is 4.66. The number of carboxylic acids is 1. The topological polar surface area (TPSA) is 98.7 Å². The molecule has 0 fully saturated rings. The maximum atomic E-state index is 11.5. The Hall–Kier alpha value is -2.57. The number of rotatable bonds is 4. The second-order valence-electron chi connectivity index (χ2n) is 3.98. The third-order valence-corrected chi connectivity index (χ3v) is 2.20. The molecule has 0 saturated carbocycles. The van der Waals surface area contributed by atoms with E-state index in [1.165, 1.54) is 17.0 Å². The first-order valence-electron chi connectivity index (χ1n) is 5.48. The maximum Gasteiger partial charge on any atom is 0.322 e. The highest BCUT2D eigenvalue weighted by molar-refractivity contribution is 5.96. The molecule has 1 aromatic rings. The molecule has 0 atom stereocenters. The van der Waals surface area contributed by atoms with Gasteiger partial charge in [-0.25, -0.2) is 4.79 Å². The van der Waals surface area contributed by atoms with Crippen LogP contribution in [-0.4, -0.2) is 48.6 Å². The number of anilines is 1. The molecule has 0 aliphatic rings. The molecule has 0 radical (unpaired) electrons. The largest absolute Gasteiger partial charge is 0.480 e. The summed E-state index contributed by atoms with van der Waals surface area (Å²) >= 11 is 0. The van der Waals surface area contributed by atoms with Crippen molar-refractivity contribution in [3.8, 4) is 0 Å². The zero-order chi connectivity index (χ0) is 14.4. The number of carbonyl (C=O) groups is 3. The summed E-state index contributed by atoms with van der Waals surface area (Å²) < 4.78 is 0. The molecular weight excluding hydrogens is 250 g/mol. The molecule has 3 N–H and O–H groups in total. The molecule has 0 bridgehead atoms. The molecule has 0 unspecified atom stereocenters. The quantitative estimate of drug-likeness (QED) is 0.742. The lowest BCUT2D eigenvalue weighted by molar-refractivity contribution is -0.135. The molecular formula is C12H15N3O4. The van der Waals surface area contributed by atoms with Crippen LogP contribution in [0, 0.1) is 0 Å². The molecule has 7 heteroatoms. The first kappa shape index (κ1) is 14.5. The number of amides is 3. The Kier molecular flexibility index (Phi) is 4.87. The van der Waals surface area contributed by atoms with Gasteiger partial charge < -0.3 is 20.6 Å². The van der Waals surface area contributed by atoms with Crippen LogP contribution in [0.25, 0.3) is 0 Å². The molecule has 0 aliphatic heterocycles. The minimum absolute atomic E-state index is 0.275. The van der Waals surface area contributed by atoms with E-state index in [0.717, 1.165) is 0 Å². The number of carboxylic acid groups (broad SMARTS) is 1. The molecule has 19 heavy (non-hydrogen) atoms. The zero-order valence-corrected chi connectivity index (χ0v) is 10.6. The molecule has 0 saturated heterocycles. The SMILES string of the molecule is CN(C)C(=O)Nc1ccc(C(=O)NCC(=O)O)cc1. The van der Waals surface area contributed by atoms with Crippen LogP contribution in [0.3, 0.4) is 0 Å². The van der Waals surface area contributed by atoms with E-state index in [9.17, 15) is 14.4 Å². The van der Waals surface area contributed by atoms with Gasteiger partial charge in [-0.3, -0.25) is 9.59 Å². The number of aliphatic carboxylic acids is 1. The first-order chi connectivity index (χ1) is 8.90. The van der Waals surface area contributed by atoms with Gasteiger partial charge in [0.1, 0.15) is 6.54 Å². The van der Waals surface area contributed by atoms with E-state index in [1.54, 1.807) is 26.2 Å². The van der Waals surface area contributed by atoms with Crippen LogP contribution in [0.4, 0.5) is 10.5 Å². The molecule has 1 aromatic carbocycles. The van der Waals surface area contributed by atoms with Crippen molar-refractivity contribution in [3.05, 3.63) is 29.8 Å². The third-order valence-electron chi connectivity index (χ3n) is 2.20. The molecule has 0 spiro atoms. The van der Waals surface area contributed by atoms with Gasteiger partial charge in [-0.05, 0) is 24.3 Å². The van der Waals surface area contributed by atoms with Crippen LogP contribution in [0.2, 0.25) is 0 Å². The van der Waals surface area contributed by atoms with Crippen LogP contribution in [0.5, 0.6) is 0 Å². The number of hydrogen-bond donors (Lipinski definition) is 3. The van der Waals surface area contributed by atoms with E-state index >= 15 is 0 Å². The standard InChI is InChI=1S/C12H15N3O4/c1-15(2)12(19)14-9-5-3-8(4-6-9)11(18)13-7-10(16)17/h3-6H,7H2,1-2H3,(H,13,18)(H,14,19)(H,16,17). The summed E-state index contributed by atoms with van der Waals surface area (Å²) in [6.45, 7) is -0.433. The fourth-order valence-corrected chi connectivity index (χ4v) is 1.20. The maximum absolute atomic E-state index is 11.5. The predicted octanol–water partition coefficient (Wildman–Crippen LogP) is 0.594. The van der Waals surface area contributed by atoms with E-state index in [2.05, 4.69) is 10.6 Å². The van der Waals surface area contributed by atoms with Gasteiger partial charge in [0, 0.05) is 25.3 Å². The van der Waals surface area contributed by atoms with Gasteiger partial charge in [-0.2, -0.15) is 0 Å². The van der Waals surface area contributed by atoms with E-state index < -0.39 is 18.4 Å². The van der Waals surface area contributed by atoms with Crippen LogP contribution >= 0.6 is 0 Å². The Morgan fingerprint density at radius 3 is 2.21 bits per heavy atom. The Morgan fingerprint density at radius 1 is 1.16 bits per heavy atom. The van der Waals surface area contributed by atoms with E-state index in [-0.39, 0.29) is 6.03 Å². The zero-order valence-electron chi connectivity index (χ0n) is 10.6. The lowest BCUT2D eigenvalue weighted by Gasteiger charge is -2.12. The Balaban J connectivity index is 2.63. The van der Waals surface area contributed by atoms with Gasteiger partial charge in [0.25, 0.3) is 5.91 Å². The van der Waals surface area contributed by atoms with Gasteiger partial charge in [-0.15, -0.1) is 0 Å². The van der Waals surface area contributed by atoms with Crippen LogP contribution in [0.15, 0.2) is 24.3 Å². The van der Waals surface area contributed by atoms with Crippen molar-refractivity contribution in [1.29, 1.82) is 0 Å². The summed E-state index contributed by atoms with van der Waals surface area (Å²) in [6, 6.07) is 5.86. The molecule has 102 valence electrons. The summed E-state index contributed by atoms with van der Waals surface area (Å²) in [4.78, 5) is 34.6. The molecule has 0 aliphatic carbocycles. The van der Waals surface area contributed by atoms with Crippen molar-refractivity contribution in [3.63, 3.8) is 0 Å². The average Bonchev–Trinajstić information content (AvgIpc) is 2.36. The van der Waals surface area contributed by atoms with Gasteiger partial charge >= 0.3 is 12.0 Å². The van der Waals surface area contributed by atoms with Crippen LogP contribution in [0.1, 0.15) is 10.4 Å². The summed E-state index contributed by atoms with van der Waals surface area (Å²) in [5, 5.41) is 13.3. The number of nitrogens with zero attached hydrogens (tertiary/aromatic N) is 1. The fourth-order valence-electron chi connectivity index (χ4n) is 1.20. The minimum atomic E-state index is -1.11. The summed E-state index contributed by atoms with van der Waals surface area (Å²) in [5.41, 5.74) is 0.873. The van der Waals surface area contributed by atoms with Crippen molar-refractivity contribution in [1.82, 2.24) is 10.2 Å². The number of nitrogens with one attached hydrogen (secondary N) is 2. The predicted molar refractivity (Wildman–Crippen MR) is 69.1 cm³/mol. The van der Waals surface area contributed by atoms with Crippen molar-refractivity contribution in [2.75, 3.05) is 26.0 Å². The highest BCUT2D eigenvalue weighted by atomic mass is 16.4. The fraction of sp³-hybridized carbons (Fsp3) is 0.250. The number of hydrogen-bond acceptors (Lipinski definition) is 3. The lowest BCUT2D eigenvalue weighted by atomic mass is 10.2. The van der Waals surface area contributed by atoms with E-state index in [4.69, 9.17) is 5.11 Å². The summed E-state index contributed by atoms with van der Waals surface area (Å²) in [5.74, 6) is -1.59. The normalized spacial score (nSPS) is 9.58. The minimum Gasteiger partial charge on any atom is -0.480 e. The van der Waals surface area contributed by atoms with Crippen molar-refractivity contribution in [2.24, 2.45) is 0 Å². The van der Waals surface area contributed by atoms with Gasteiger partial charge in [0.2, 0.25) is 0 Å². The molecule has 1 rings (SSSR count). The first-order valence-corrected chi connectivity index (χ1v) is 5.48. The number of benzene rings is 1. The van der Waals surface area contributed by atoms with Crippen molar-refractivity contribution in [2.45, 2.75) is 0 Å². The molecule has 7 nitrogen and oxygen atoms in total. The molecule has 0 aromatic heterocycles. The highest BCUT2D eigenvalue weighted by Gasteiger charge is 2.08. The van der Waals surface area contributed by atoms with Crippen LogP contribution < -0.4 is 10.6 Å². The summed E-state index contributed by atoms with van der Waals surface area (Å²) in [7, 11) is 3.23. The Morgan fingerprint density at radius 2 is 1.74 bits per heavy atom. The highest BCUT2D eigenvalue weighted by Crippen LogP contribution is 2.09. The second-order valence-corrected chi connectivity index (χ2v) is 3.98. The molecule has 0 heterocycles. The van der Waals surface area contributed by atoms with Gasteiger partial charge in [-0.1, -0.05) is 0 Å². The van der Waals surface area contributed by atoms with Gasteiger partial charge in [0.05, 0.1) is 0 Å². The van der Waals surface area contributed by atoms with E-state index in [0.29, 0.717) is 11.3 Å². The number of carbonyl (C=O) groups excluding carboxylic acids is 2. The number of urea groups is 1. The Labute approximate surface area is 110 Å². The van der Waals surface area contributed by atoms with Crippen molar-refractivity contribution < 1.29 is 19.5 Å².